The third-order valence-electron chi connectivity index (χ3n) is 2.23. The Hall–Kier alpha value is 0.0700. The van der Waals surface area contributed by atoms with Gasteiger partial charge < -0.3 is 10.6 Å². The highest BCUT2D eigenvalue weighted by Gasteiger charge is 2.17. The molecule has 0 aliphatic carbocycles. The molecule has 5 nitrogen and oxygen atoms in total. The molecule has 0 aromatic heterocycles. The third kappa shape index (κ3) is 10.6. The molecule has 0 aromatic carbocycles. The SMILES string of the molecule is CCCCP(=O)(O)ONCCCCCCN. The summed E-state index contributed by atoms with van der Waals surface area (Å²) in [7, 11) is -3.40. The van der Waals surface area contributed by atoms with Crippen LogP contribution in [0.1, 0.15) is 45.4 Å². The first-order chi connectivity index (χ1) is 7.62. The van der Waals surface area contributed by atoms with Crippen molar-refractivity contribution in [2.45, 2.75) is 45.4 Å². The molecule has 6 heteroatoms. The predicted molar refractivity (Wildman–Crippen MR) is 66.2 cm³/mol. The lowest BCUT2D eigenvalue weighted by atomic mass is 10.2. The molecule has 0 aliphatic heterocycles. The van der Waals surface area contributed by atoms with Crippen LogP contribution in [0.5, 0.6) is 0 Å². The molecule has 16 heavy (non-hydrogen) atoms. The zero-order chi connectivity index (χ0) is 12.3. The Morgan fingerprint density at radius 1 is 1.25 bits per heavy atom. The highest BCUT2D eigenvalue weighted by molar-refractivity contribution is 7.52. The summed E-state index contributed by atoms with van der Waals surface area (Å²) in [5, 5.41) is 0. The molecule has 1 atom stereocenters. The molecular weight excluding hydrogens is 227 g/mol. The van der Waals surface area contributed by atoms with E-state index in [1.807, 2.05) is 6.92 Å². The maximum atomic E-state index is 11.4. The first-order valence-electron chi connectivity index (χ1n) is 6.05. The Labute approximate surface area is 98.2 Å². The lowest BCUT2D eigenvalue weighted by molar-refractivity contribution is 0.164. The fourth-order valence-electron chi connectivity index (χ4n) is 1.25. The molecule has 0 rings (SSSR count). The number of hydrogen-bond acceptors (Lipinski definition) is 4. The number of nitrogens with two attached hydrogens (primary N) is 1. The average Bonchev–Trinajstić information content (AvgIpc) is 2.25. The van der Waals surface area contributed by atoms with E-state index in [4.69, 9.17) is 10.4 Å². The van der Waals surface area contributed by atoms with Gasteiger partial charge >= 0.3 is 7.60 Å². The van der Waals surface area contributed by atoms with Crippen LogP contribution in [0.3, 0.4) is 0 Å². The van der Waals surface area contributed by atoms with E-state index in [0.717, 1.165) is 38.6 Å². The fraction of sp³-hybridized carbons (Fsp3) is 1.00. The highest BCUT2D eigenvalue weighted by atomic mass is 31.2. The normalized spacial score (nSPS) is 14.9. The second kappa shape index (κ2) is 10.2. The maximum absolute atomic E-state index is 11.4. The van der Waals surface area contributed by atoms with E-state index >= 15 is 0 Å². The van der Waals surface area contributed by atoms with Gasteiger partial charge in [-0.1, -0.05) is 26.2 Å². The van der Waals surface area contributed by atoms with Gasteiger partial charge in [-0.3, -0.25) is 4.57 Å². The molecule has 0 aromatic rings. The summed E-state index contributed by atoms with van der Waals surface area (Å²) in [4.78, 5) is 9.34. The molecule has 0 amide bonds. The lowest BCUT2D eigenvalue weighted by Crippen LogP contribution is -2.15. The standard InChI is InChI=1S/C10H25N2O3P/c1-2-3-10-16(13,14)15-12-9-7-5-4-6-8-11/h12H,2-11H2,1H3,(H,13,14). The van der Waals surface area contributed by atoms with Crippen molar-refractivity contribution in [2.24, 2.45) is 5.73 Å². The molecule has 0 saturated carbocycles. The third-order valence-corrected chi connectivity index (χ3v) is 3.53. The summed E-state index contributed by atoms with van der Waals surface area (Å²) >= 11 is 0. The molecule has 0 heterocycles. The molecule has 0 fully saturated rings. The molecule has 0 saturated heterocycles. The average molecular weight is 252 g/mol. The summed E-state index contributed by atoms with van der Waals surface area (Å²) in [5.41, 5.74) is 7.93. The second-order valence-electron chi connectivity index (χ2n) is 3.90. The Balaban J connectivity index is 3.32. The van der Waals surface area contributed by atoms with E-state index in [-0.39, 0.29) is 6.16 Å². The minimum absolute atomic E-state index is 0.226. The largest absolute Gasteiger partial charge is 0.344 e. The Bertz CT molecular complexity index is 203. The Kier molecular flexibility index (Phi) is 10.3. The molecule has 0 aliphatic rings. The molecule has 98 valence electrons. The van der Waals surface area contributed by atoms with Gasteiger partial charge in [-0.15, -0.1) is 0 Å². The molecule has 0 radical (unpaired) electrons. The van der Waals surface area contributed by atoms with Crippen LogP contribution in [0.2, 0.25) is 0 Å². The van der Waals surface area contributed by atoms with Gasteiger partial charge in [0.25, 0.3) is 0 Å². The number of rotatable bonds is 11. The number of hydroxylamine groups is 1. The Morgan fingerprint density at radius 3 is 2.56 bits per heavy atom. The topological polar surface area (TPSA) is 84.6 Å². The predicted octanol–water partition coefficient (Wildman–Crippen LogP) is 2.01. The first-order valence-corrected chi connectivity index (χ1v) is 7.82. The highest BCUT2D eigenvalue weighted by Crippen LogP contribution is 2.41. The minimum Gasteiger partial charge on any atom is -0.330 e. The lowest BCUT2D eigenvalue weighted by Gasteiger charge is -2.11. The van der Waals surface area contributed by atoms with E-state index in [2.05, 4.69) is 5.48 Å². The van der Waals surface area contributed by atoms with E-state index < -0.39 is 7.60 Å². The van der Waals surface area contributed by atoms with E-state index in [1.54, 1.807) is 0 Å². The quantitative estimate of drug-likeness (QED) is 0.297. The van der Waals surface area contributed by atoms with Crippen LogP contribution >= 0.6 is 7.60 Å². The number of nitrogens with one attached hydrogen (secondary N) is 1. The molecule has 4 N–H and O–H groups in total. The van der Waals surface area contributed by atoms with Crippen molar-refractivity contribution in [1.29, 1.82) is 0 Å². The van der Waals surface area contributed by atoms with Gasteiger partial charge in [0, 0.05) is 6.54 Å². The first kappa shape index (κ1) is 16.1. The molecule has 0 spiro atoms. The zero-order valence-electron chi connectivity index (χ0n) is 10.2. The maximum Gasteiger partial charge on any atom is 0.344 e. The second-order valence-corrected chi connectivity index (χ2v) is 5.81. The van der Waals surface area contributed by atoms with Crippen LogP contribution in [-0.2, 0) is 9.19 Å². The molecular formula is C10H25N2O3P. The van der Waals surface area contributed by atoms with E-state index in [9.17, 15) is 9.46 Å². The van der Waals surface area contributed by atoms with Gasteiger partial charge in [0.1, 0.15) is 0 Å². The fourth-order valence-corrected chi connectivity index (χ4v) is 2.35. The van der Waals surface area contributed by atoms with Crippen LogP contribution in [0.25, 0.3) is 0 Å². The van der Waals surface area contributed by atoms with Crippen molar-refractivity contribution in [3.05, 3.63) is 0 Å². The number of unbranched alkanes of at least 4 members (excludes halogenated alkanes) is 4. The van der Waals surface area contributed by atoms with E-state index in [0.29, 0.717) is 13.0 Å². The van der Waals surface area contributed by atoms with Crippen LogP contribution in [0, 0.1) is 0 Å². The summed E-state index contributed by atoms with van der Waals surface area (Å²) in [6.45, 7) is 3.32. The monoisotopic (exact) mass is 252 g/mol. The van der Waals surface area contributed by atoms with Gasteiger partial charge in [0.2, 0.25) is 0 Å². The summed E-state index contributed by atoms with van der Waals surface area (Å²) in [6.07, 6.45) is 5.98. The summed E-state index contributed by atoms with van der Waals surface area (Å²) < 4.78 is 16.1. The molecule has 0 bridgehead atoms. The van der Waals surface area contributed by atoms with Gasteiger partial charge in [0.05, 0.1) is 6.16 Å². The van der Waals surface area contributed by atoms with Crippen molar-refractivity contribution in [3.63, 3.8) is 0 Å². The van der Waals surface area contributed by atoms with Crippen molar-refractivity contribution < 1.29 is 14.1 Å². The van der Waals surface area contributed by atoms with Crippen LogP contribution in [-0.4, -0.2) is 24.1 Å². The minimum atomic E-state index is -3.40. The zero-order valence-corrected chi connectivity index (χ0v) is 11.0. The van der Waals surface area contributed by atoms with Crippen LogP contribution in [0.15, 0.2) is 0 Å². The van der Waals surface area contributed by atoms with E-state index in [1.165, 1.54) is 0 Å². The van der Waals surface area contributed by atoms with Gasteiger partial charge in [-0.2, -0.15) is 5.48 Å². The van der Waals surface area contributed by atoms with Crippen molar-refractivity contribution in [2.75, 3.05) is 19.3 Å². The Morgan fingerprint density at radius 2 is 1.94 bits per heavy atom. The van der Waals surface area contributed by atoms with Crippen molar-refractivity contribution in [1.82, 2.24) is 5.48 Å². The van der Waals surface area contributed by atoms with Crippen molar-refractivity contribution >= 4 is 7.60 Å². The summed E-state index contributed by atoms with van der Waals surface area (Å²) in [6, 6.07) is 0. The van der Waals surface area contributed by atoms with Gasteiger partial charge in [-0.05, 0) is 25.8 Å². The van der Waals surface area contributed by atoms with Crippen molar-refractivity contribution in [3.8, 4) is 0 Å². The number of hydrogen-bond donors (Lipinski definition) is 3. The summed E-state index contributed by atoms with van der Waals surface area (Å²) in [5.74, 6) is 0. The molecule has 1 unspecified atom stereocenters. The van der Waals surface area contributed by atoms with Gasteiger partial charge in [0.15, 0.2) is 0 Å². The van der Waals surface area contributed by atoms with Crippen LogP contribution < -0.4 is 11.2 Å². The van der Waals surface area contributed by atoms with Crippen LogP contribution in [0.4, 0.5) is 0 Å². The van der Waals surface area contributed by atoms with Gasteiger partial charge in [-0.25, -0.2) is 4.62 Å². The smallest absolute Gasteiger partial charge is 0.330 e.